The number of rotatable bonds is 9. The number of carbonyl (C=O) groups excluding carboxylic acids is 3. The van der Waals surface area contributed by atoms with Crippen LogP contribution in [0.2, 0.25) is 0 Å². The number of amides is 3. The fourth-order valence-corrected chi connectivity index (χ4v) is 5.05. The van der Waals surface area contributed by atoms with Gasteiger partial charge in [-0.3, -0.25) is 9.59 Å². The first-order valence-electron chi connectivity index (χ1n) is 13.9. The van der Waals surface area contributed by atoms with Gasteiger partial charge in [-0.15, -0.1) is 0 Å². The van der Waals surface area contributed by atoms with E-state index in [0.717, 1.165) is 37.7 Å². The molecule has 2 atom stereocenters. The van der Waals surface area contributed by atoms with Gasteiger partial charge in [0.1, 0.15) is 23.4 Å². The van der Waals surface area contributed by atoms with Gasteiger partial charge in [0, 0.05) is 24.6 Å². The maximum Gasteiger partial charge on any atom is 0.408 e. The topological polar surface area (TPSA) is 108 Å². The molecule has 212 valence electrons. The molecule has 3 rings (SSSR count). The van der Waals surface area contributed by atoms with Crippen LogP contribution < -0.4 is 10.6 Å². The van der Waals surface area contributed by atoms with Crippen LogP contribution in [0.25, 0.3) is 0 Å². The molecule has 0 saturated heterocycles. The highest BCUT2D eigenvalue weighted by molar-refractivity contribution is 5.93. The zero-order valence-corrected chi connectivity index (χ0v) is 23.8. The first-order chi connectivity index (χ1) is 18.5. The number of aryl methyl sites for hydroxylation is 1. The van der Waals surface area contributed by atoms with Crippen molar-refractivity contribution in [3.63, 3.8) is 0 Å². The minimum Gasteiger partial charge on any atom is -0.507 e. The molecule has 39 heavy (non-hydrogen) atoms. The molecule has 1 aliphatic carbocycles. The Morgan fingerprint density at radius 1 is 1.03 bits per heavy atom. The summed E-state index contributed by atoms with van der Waals surface area (Å²) in [6, 6.07) is 12.6. The van der Waals surface area contributed by atoms with E-state index < -0.39 is 29.7 Å². The lowest BCUT2D eigenvalue weighted by Gasteiger charge is -2.35. The van der Waals surface area contributed by atoms with E-state index in [-0.39, 0.29) is 30.7 Å². The van der Waals surface area contributed by atoms with Crippen LogP contribution in [0.5, 0.6) is 5.75 Å². The lowest BCUT2D eigenvalue weighted by atomic mass is 9.94. The van der Waals surface area contributed by atoms with Crippen LogP contribution in [0, 0.1) is 6.92 Å². The van der Waals surface area contributed by atoms with Crippen LogP contribution in [0.4, 0.5) is 4.79 Å². The number of alkyl carbamates (subject to hydrolysis) is 1. The summed E-state index contributed by atoms with van der Waals surface area (Å²) in [5, 5.41) is 16.9. The number of likely N-dealkylation sites (N-methyl/N-ethyl adjacent to an activating group) is 1. The van der Waals surface area contributed by atoms with Gasteiger partial charge in [0.2, 0.25) is 11.8 Å². The maximum atomic E-state index is 14.2. The summed E-state index contributed by atoms with van der Waals surface area (Å²) >= 11 is 0. The normalized spacial score (nSPS) is 15.6. The molecule has 3 amide bonds. The largest absolute Gasteiger partial charge is 0.507 e. The highest BCUT2D eigenvalue weighted by Gasteiger charge is 2.37. The number of nitrogens with zero attached hydrogens (tertiary/aromatic N) is 1. The predicted octanol–water partition coefficient (Wildman–Crippen LogP) is 5.18. The number of para-hydroxylation sites is 1. The van der Waals surface area contributed by atoms with Gasteiger partial charge < -0.3 is 25.4 Å². The summed E-state index contributed by atoms with van der Waals surface area (Å²) in [7, 11) is 0. The number of ether oxygens (including phenoxy) is 1. The highest BCUT2D eigenvalue weighted by atomic mass is 16.6. The van der Waals surface area contributed by atoms with Crippen molar-refractivity contribution in [3.05, 3.63) is 65.2 Å². The lowest BCUT2D eigenvalue weighted by Crippen LogP contribution is -2.54. The van der Waals surface area contributed by atoms with E-state index in [1.165, 1.54) is 4.90 Å². The second-order valence-electron chi connectivity index (χ2n) is 11.3. The number of carbonyl (C=O) groups is 3. The van der Waals surface area contributed by atoms with Crippen molar-refractivity contribution in [3.8, 4) is 5.75 Å². The van der Waals surface area contributed by atoms with E-state index in [0.29, 0.717) is 11.1 Å². The van der Waals surface area contributed by atoms with Crippen molar-refractivity contribution in [2.24, 2.45) is 0 Å². The Kier molecular flexibility index (Phi) is 10.4. The molecule has 8 nitrogen and oxygen atoms in total. The van der Waals surface area contributed by atoms with Gasteiger partial charge in [-0.25, -0.2) is 4.79 Å². The Morgan fingerprint density at radius 2 is 1.69 bits per heavy atom. The van der Waals surface area contributed by atoms with Gasteiger partial charge in [0.05, 0.1) is 0 Å². The molecule has 1 aliphatic rings. The number of phenolic OH excluding ortho intramolecular Hbond substituents is 1. The molecule has 2 aromatic rings. The van der Waals surface area contributed by atoms with Crippen LogP contribution in [-0.4, -0.2) is 52.1 Å². The van der Waals surface area contributed by atoms with E-state index in [4.69, 9.17) is 4.74 Å². The third-order valence-corrected chi connectivity index (χ3v) is 6.97. The smallest absolute Gasteiger partial charge is 0.408 e. The molecule has 1 fully saturated rings. The van der Waals surface area contributed by atoms with E-state index in [2.05, 4.69) is 10.6 Å². The van der Waals surface area contributed by atoms with Crippen molar-refractivity contribution in [1.82, 2.24) is 15.5 Å². The minimum absolute atomic E-state index is 0.0211. The summed E-state index contributed by atoms with van der Waals surface area (Å²) in [5.74, 6) is -0.794. The third-order valence-electron chi connectivity index (χ3n) is 6.97. The Bertz CT molecular complexity index is 1120. The fourth-order valence-electron chi connectivity index (χ4n) is 5.05. The maximum absolute atomic E-state index is 14.2. The van der Waals surface area contributed by atoms with Gasteiger partial charge >= 0.3 is 6.09 Å². The molecule has 2 aromatic carbocycles. The van der Waals surface area contributed by atoms with Crippen LogP contribution in [0.3, 0.4) is 0 Å². The molecule has 2 unspecified atom stereocenters. The van der Waals surface area contributed by atoms with Crippen molar-refractivity contribution >= 4 is 17.9 Å². The van der Waals surface area contributed by atoms with Gasteiger partial charge in [-0.05, 0) is 58.6 Å². The van der Waals surface area contributed by atoms with E-state index >= 15 is 0 Å². The quantitative estimate of drug-likeness (QED) is 0.409. The van der Waals surface area contributed by atoms with Crippen LogP contribution in [0.1, 0.15) is 82.5 Å². The average molecular weight is 538 g/mol. The molecule has 0 radical (unpaired) electrons. The third kappa shape index (κ3) is 8.47. The molecule has 8 heteroatoms. The molecule has 3 N–H and O–H groups in total. The zero-order valence-electron chi connectivity index (χ0n) is 23.8. The van der Waals surface area contributed by atoms with Crippen molar-refractivity contribution in [1.29, 1.82) is 0 Å². The SMILES string of the molecule is CCN(C(=O)C(Cc1ccccc1)NC(=O)OC(C)(C)C)C(C(=O)NC1CCCCC1)c1cccc(C)c1O. The molecule has 0 heterocycles. The second-order valence-corrected chi connectivity index (χ2v) is 11.3. The Morgan fingerprint density at radius 3 is 2.31 bits per heavy atom. The summed E-state index contributed by atoms with van der Waals surface area (Å²) in [6.45, 7) is 9.01. The monoisotopic (exact) mass is 537 g/mol. The van der Waals surface area contributed by atoms with Crippen molar-refractivity contribution in [2.45, 2.75) is 96.9 Å². The molecule has 0 aromatic heterocycles. The van der Waals surface area contributed by atoms with Gasteiger partial charge in [0.25, 0.3) is 0 Å². The number of aromatic hydroxyl groups is 1. The first-order valence-corrected chi connectivity index (χ1v) is 13.9. The number of hydrogen-bond donors (Lipinski definition) is 3. The van der Waals surface area contributed by atoms with Crippen LogP contribution in [0.15, 0.2) is 48.5 Å². The minimum atomic E-state index is -1.07. The number of phenols is 1. The summed E-state index contributed by atoms with van der Waals surface area (Å²) in [6.07, 6.45) is 4.50. The van der Waals surface area contributed by atoms with Gasteiger partial charge in [0.15, 0.2) is 0 Å². The van der Waals surface area contributed by atoms with Crippen molar-refractivity contribution < 1.29 is 24.2 Å². The average Bonchev–Trinajstić information content (AvgIpc) is 2.88. The standard InChI is InChI=1S/C31H43N3O5/c1-6-34(29(37)25(20-22-15-9-7-10-16-22)33-30(38)39-31(3,4)5)26(24-19-13-14-21(2)27(24)35)28(36)32-23-17-11-8-12-18-23/h7,9-10,13-16,19,23,25-26,35H,6,8,11-12,17-18,20H2,1-5H3,(H,32,36)(H,33,38). The molecule has 0 bridgehead atoms. The number of benzene rings is 2. The summed E-state index contributed by atoms with van der Waals surface area (Å²) in [5.41, 5.74) is 1.07. The van der Waals surface area contributed by atoms with E-state index in [1.807, 2.05) is 30.3 Å². The second kappa shape index (κ2) is 13.5. The Balaban J connectivity index is 1.98. The van der Waals surface area contributed by atoms with Crippen LogP contribution >= 0.6 is 0 Å². The summed E-state index contributed by atoms with van der Waals surface area (Å²) in [4.78, 5) is 42.3. The number of hydrogen-bond acceptors (Lipinski definition) is 5. The lowest BCUT2D eigenvalue weighted by molar-refractivity contribution is -0.142. The van der Waals surface area contributed by atoms with E-state index in [9.17, 15) is 19.5 Å². The molecular weight excluding hydrogens is 494 g/mol. The summed E-state index contributed by atoms with van der Waals surface area (Å²) < 4.78 is 5.46. The molecule has 1 saturated carbocycles. The predicted molar refractivity (Wildman–Crippen MR) is 151 cm³/mol. The molecule has 0 aliphatic heterocycles. The first kappa shape index (κ1) is 30.0. The highest BCUT2D eigenvalue weighted by Crippen LogP contribution is 2.33. The molecule has 0 spiro atoms. The van der Waals surface area contributed by atoms with Gasteiger partial charge in [-0.2, -0.15) is 0 Å². The fraction of sp³-hybridized carbons (Fsp3) is 0.516. The zero-order chi connectivity index (χ0) is 28.6. The van der Waals surface area contributed by atoms with Crippen LogP contribution in [-0.2, 0) is 20.7 Å². The van der Waals surface area contributed by atoms with Crippen molar-refractivity contribution in [2.75, 3.05) is 6.54 Å². The molecular formula is C31H43N3O5. The Labute approximate surface area is 232 Å². The van der Waals surface area contributed by atoms with Gasteiger partial charge in [-0.1, -0.05) is 67.8 Å². The Hall–Kier alpha value is -3.55. The number of nitrogens with one attached hydrogen (secondary N) is 2. The van der Waals surface area contributed by atoms with E-state index in [1.54, 1.807) is 52.8 Å².